The van der Waals surface area contributed by atoms with Gasteiger partial charge in [-0.1, -0.05) is 18.2 Å². The number of carbonyl (C=O) groups excluding carboxylic acids is 2. The monoisotopic (exact) mass is 252 g/mol. The molecule has 1 unspecified atom stereocenters. The van der Waals surface area contributed by atoms with Crippen LogP contribution in [0.4, 0.5) is 0 Å². The lowest BCUT2D eigenvalue weighted by Crippen LogP contribution is -2.20. The molecule has 1 rings (SSSR count). The molecule has 0 spiro atoms. The minimum Gasteiger partial charge on any atom is -0.508 e. The Kier molecular flexibility index (Phi) is 5.17. The molecule has 0 saturated heterocycles. The Bertz CT molecular complexity index is 427. The summed E-state index contributed by atoms with van der Waals surface area (Å²) in [6.07, 6.45) is 0. The lowest BCUT2D eigenvalue weighted by Gasteiger charge is -2.12. The quantitative estimate of drug-likeness (QED) is 0.806. The number of hydrogen-bond acceptors (Lipinski definition) is 5. The van der Waals surface area contributed by atoms with Gasteiger partial charge in [0.1, 0.15) is 5.75 Å². The van der Waals surface area contributed by atoms with E-state index in [0.29, 0.717) is 5.56 Å². The van der Waals surface area contributed by atoms with Crippen molar-refractivity contribution in [2.45, 2.75) is 19.8 Å². The van der Waals surface area contributed by atoms with Gasteiger partial charge in [0.15, 0.2) is 6.61 Å². The van der Waals surface area contributed by atoms with Crippen LogP contribution in [-0.2, 0) is 19.1 Å². The molecule has 18 heavy (non-hydrogen) atoms. The first kappa shape index (κ1) is 14.0. The highest BCUT2D eigenvalue weighted by molar-refractivity contribution is 5.81. The molecule has 0 aromatic heterocycles. The maximum atomic E-state index is 11.7. The first-order chi connectivity index (χ1) is 8.56. The van der Waals surface area contributed by atoms with Gasteiger partial charge in [0, 0.05) is 5.56 Å². The molecule has 0 amide bonds. The maximum Gasteiger partial charge on any atom is 0.344 e. The van der Waals surface area contributed by atoms with E-state index in [1.807, 2.05) is 0 Å². The zero-order chi connectivity index (χ0) is 13.5. The van der Waals surface area contributed by atoms with Crippen LogP contribution in [-0.4, -0.2) is 30.3 Å². The molecule has 0 heterocycles. The first-order valence-electron chi connectivity index (χ1n) is 5.66. The second kappa shape index (κ2) is 6.64. The molecule has 0 aliphatic carbocycles. The van der Waals surface area contributed by atoms with Crippen LogP contribution >= 0.6 is 0 Å². The zero-order valence-electron chi connectivity index (χ0n) is 10.4. The van der Waals surface area contributed by atoms with Gasteiger partial charge in [0.2, 0.25) is 0 Å². The number of carbonyl (C=O) groups is 2. The number of phenols is 1. The number of phenolic OH excluding ortho intramolecular Hbond substituents is 1. The van der Waals surface area contributed by atoms with E-state index >= 15 is 0 Å². The van der Waals surface area contributed by atoms with Crippen LogP contribution in [0.1, 0.15) is 25.3 Å². The molecule has 0 fully saturated rings. The van der Waals surface area contributed by atoms with Crippen molar-refractivity contribution in [3.05, 3.63) is 29.8 Å². The number of hydrogen-bond donors (Lipinski definition) is 1. The molecule has 0 aliphatic rings. The SMILES string of the molecule is CCOC(=O)COC(=O)C(C)c1ccccc1O. The van der Waals surface area contributed by atoms with Crippen molar-refractivity contribution in [2.75, 3.05) is 13.2 Å². The molecule has 0 aliphatic heterocycles. The van der Waals surface area contributed by atoms with Crippen molar-refractivity contribution in [1.29, 1.82) is 0 Å². The fourth-order valence-electron chi connectivity index (χ4n) is 1.44. The third-order valence-electron chi connectivity index (χ3n) is 2.39. The molecule has 5 nitrogen and oxygen atoms in total. The summed E-state index contributed by atoms with van der Waals surface area (Å²) in [6, 6.07) is 6.50. The van der Waals surface area contributed by atoms with Crippen molar-refractivity contribution < 1.29 is 24.2 Å². The van der Waals surface area contributed by atoms with Gasteiger partial charge < -0.3 is 14.6 Å². The molecule has 1 atom stereocenters. The van der Waals surface area contributed by atoms with Crippen molar-refractivity contribution in [2.24, 2.45) is 0 Å². The predicted octanol–water partition coefficient (Wildman–Crippen LogP) is 1.60. The van der Waals surface area contributed by atoms with E-state index in [1.54, 1.807) is 32.0 Å². The van der Waals surface area contributed by atoms with Crippen molar-refractivity contribution in [3.63, 3.8) is 0 Å². The Labute approximate surface area is 105 Å². The van der Waals surface area contributed by atoms with E-state index in [0.717, 1.165) is 0 Å². The van der Waals surface area contributed by atoms with E-state index in [9.17, 15) is 14.7 Å². The van der Waals surface area contributed by atoms with Crippen molar-refractivity contribution in [3.8, 4) is 5.75 Å². The second-order valence-corrected chi connectivity index (χ2v) is 3.69. The number of benzene rings is 1. The molecular weight excluding hydrogens is 236 g/mol. The average molecular weight is 252 g/mol. The lowest BCUT2D eigenvalue weighted by molar-refractivity contribution is -0.159. The fraction of sp³-hybridized carbons (Fsp3) is 0.385. The smallest absolute Gasteiger partial charge is 0.344 e. The highest BCUT2D eigenvalue weighted by Crippen LogP contribution is 2.25. The number of rotatable bonds is 5. The Morgan fingerprint density at radius 3 is 2.56 bits per heavy atom. The van der Waals surface area contributed by atoms with Crippen LogP contribution in [0.15, 0.2) is 24.3 Å². The van der Waals surface area contributed by atoms with E-state index in [-0.39, 0.29) is 12.4 Å². The maximum absolute atomic E-state index is 11.7. The molecule has 1 N–H and O–H groups in total. The molecule has 1 aromatic carbocycles. The highest BCUT2D eigenvalue weighted by atomic mass is 16.6. The van der Waals surface area contributed by atoms with Crippen LogP contribution in [0.3, 0.4) is 0 Å². The summed E-state index contributed by atoms with van der Waals surface area (Å²) < 4.78 is 9.44. The molecule has 5 heteroatoms. The molecule has 1 aromatic rings. The number of para-hydroxylation sites is 1. The average Bonchev–Trinajstić information content (AvgIpc) is 2.36. The summed E-state index contributed by atoms with van der Waals surface area (Å²) in [5, 5.41) is 9.59. The third kappa shape index (κ3) is 3.76. The van der Waals surface area contributed by atoms with Crippen LogP contribution in [0, 0.1) is 0 Å². The zero-order valence-corrected chi connectivity index (χ0v) is 10.4. The summed E-state index contributed by atoms with van der Waals surface area (Å²) in [6.45, 7) is 3.10. The Morgan fingerprint density at radius 1 is 1.28 bits per heavy atom. The van der Waals surface area contributed by atoms with E-state index in [4.69, 9.17) is 4.74 Å². The second-order valence-electron chi connectivity index (χ2n) is 3.69. The van der Waals surface area contributed by atoms with Gasteiger partial charge >= 0.3 is 11.9 Å². The lowest BCUT2D eigenvalue weighted by atomic mass is 10.0. The van der Waals surface area contributed by atoms with E-state index < -0.39 is 24.5 Å². The summed E-state index contributed by atoms with van der Waals surface area (Å²) in [7, 11) is 0. The normalized spacial score (nSPS) is 11.7. The Balaban J connectivity index is 2.57. The largest absolute Gasteiger partial charge is 0.508 e. The first-order valence-corrected chi connectivity index (χ1v) is 5.66. The van der Waals surface area contributed by atoms with Crippen LogP contribution in [0.25, 0.3) is 0 Å². The van der Waals surface area contributed by atoms with Gasteiger partial charge in [-0.15, -0.1) is 0 Å². The standard InChI is InChI=1S/C13H16O5/c1-3-17-12(15)8-18-13(16)9(2)10-6-4-5-7-11(10)14/h4-7,9,14H,3,8H2,1-2H3. The van der Waals surface area contributed by atoms with Gasteiger partial charge in [-0.2, -0.15) is 0 Å². The number of esters is 2. The highest BCUT2D eigenvalue weighted by Gasteiger charge is 2.20. The predicted molar refractivity (Wildman–Crippen MR) is 64.1 cm³/mol. The molecular formula is C13H16O5. The van der Waals surface area contributed by atoms with Gasteiger partial charge in [-0.3, -0.25) is 4.79 Å². The Morgan fingerprint density at radius 2 is 1.94 bits per heavy atom. The van der Waals surface area contributed by atoms with Gasteiger partial charge in [0.25, 0.3) is 0 Å². The molecule has 0 radical (unpaired) electrons. The van der Waals surface area contributed by atoms with Crippen LogP contribution in [0.5, 0.6) is 5.75 Å². The molecule has 98 valence electrons. The van der Waals surface area contributed by atoms with Crippen molar-refractivity contribution in [1.82, 2.24) is 0 Å². The molecule has 0 bridgehead atoms. The molecule has 0 saturated carbocycles. The third-order valence-corrected chi connectivity index (χ3v) is 2.39. The summed E-state index contributed by atoms with van der Waals surface area (Å²) in [5.74, 6) is -1.78. The topological polar surface area (TPSA) is 72.8 Å². The minimum atomic E-state index is -0.638. The summed E-state index contributed by atoms with van der Waals surface area (Å²) >= 11 is 0. The van der Waals surface area contributed by atoms with Gasteiger partial charge in [-0.25, -0.2) is 4.79 Å². The van der Waals surface area contributed by atoms with Crippen LogP contribution < -0.4 is 0 Å². The number of ether oxygens (including phenoxy) is 2. The van der Waals surface area contributed by atoms with Crippen LogP contribution in [0.2, 0.25) is 0 Å². The van der Waals surface area contributed by atoms with E-state index in [2.05, 4.69) is 4.74 Å². The van der Waals surface area contributed by atoms with E-state index in [1.165, 1.54) is 6.07 Å². The van der Waals surface area contributed by atoms with Gasteiger partial charge in [0.05, 0.1) is 12.5 Å². The summed E-state index contributed by atoms with van der Waals surface area (Å²) in [4.78, 5) is 22.7. The Hall–Kier alpha value is -2.04. The summed E-state index contributed by atoms with van der Waals surface area (Å²) in [5.41, 5.74) is 0.464. The van der Waals surface area contributed by atoms with Gasteiger partial charge in [-0.05, 0) is 19.9 Å². The number of aromatic hydroxyl groups is 1. The fourth-order valence-corrected chi connectivity index (χ4v) is 1.44. The minimum absolute atomic E-state index is 0.0260. The van der Waals surface area contributed by atoms with Crippen molar-refractivity contribution >= 4 is 11.9 Å².